The highest BCUT2D eigenvalue weighted by molar-refractivity contribution is 4.84. The molecule has 7 atom stereocenters. The van der Waals surface area contributed by atoms with E-state index in [2.05, 4.69) is 13.8 Å². The van der Waals surface area contributed by atoms with E-state index in [0.29, 0.717) is 24.4 Å². The summed E-state index contributed by atoms with van der Waals surface area (Å²) in [5, 5.41) is 0. The van der Waals surface area contributed by atoms with Crippen molar-refractivity contribution in [2.75, 3.05) is 13.2 Å². The van der Waals surface area contributed by atoms with Crippen LogP contribution in [0.15, 0.2) is 0 Å². The molecule has 0 amide bonds. The molecular weight excluding hydrogens is 296 g/mol. The van der Waals surface area contributed by atoms with Gasteiger partial charge < -0.3 is 14.2 Å². The maximum absolute atomic E-state index is 6.14. The molecule has 0 aromatic carbocycles. The largest absolute Gasteiger partial charge is 0.353 e. The Morgan fingerprint density at radius 2 is 1.96 bits per heavy atom. The molecule has 5 nitrogen and oxygen atoms in total. The summed E-state index contributed by atoms with van der Waals surface area (Å²) >= 11 is 0. The smallest absolute Gasteiger partial charge is 0.201 e. The predicted molar refractivity (Wildman–Crippen MR) is 85.2 cm³/mol. The van der Waals surface area contributed by atoms with Crippen molar-refractivity contribution in [3.05, 3.63) is 0 Å². The van der Waals surface area contributed by atoms with Gasteiger partial charge in [-0.05, 0) is 50.9 Å². The van der Waals surface area contributed by atoms with E-state index in [1.807, 2.05) is 13.8 Å². The average Bonchev–Trinajstić information content (AvgIpc) is 2.53. The van der Waals surface area contributed by atoms with Crippen molar-refractivity contribution in [1.82, 2.24) is 0 Å². The van der Waals surface area contributed by atoms with Crippen LogP contribution in [-0.4, -0.2) is 31.6 Å². The molecule has 134 valence electrons. The van der Waals surface area contributed by atoms with Crippen molar-refractivity contribution in [3.63, 3.8) is 0 Å². The highest BCUT2D eigenvalue weighted by atomic mass is 17.2. The summed E-state index contributed by atoms with van der Waals surface area (Å²) in [7, 11) is 0. The van der Waals surface area contributed by atoms with E-state index in [0.717, 1.165) is 18.8 Å². The molecule has 2 aliphatic heterocycles. The maximum Gasteiger partial charge on any atom is 0.201 e. The van der Waals surface area contributed by atoms with Gasteiger partial charge >= 0.3 is 0 Å². The Labute approximate surface area is 139 Å². The third kappa shape index (κ3) is 4.07. The minimum atomic E-state index is -0.722. The van der Waals surface area contributed by atoms with Crippen LogP contribution in [0.3, 0.4) is 0 Å². The van der Waals surface area contributed by atoms with E-state index in [4.69, 9.17) is 24.0 Å². The third-order valence-corrected chi connectivity index (χ3v) is 5.98. The predicted octanol–water partition coefficient (Wildman–Crippen LogP) is 3.87. The summed E-state index contributed by atoms with van der Waals surface area (Å²) in [6.07, 6.45) is 5.07. The van der Waals surface area contributed by atoms with E-state index in [1.54, 1.807) is 0 Å². The summed E-state index contributed by atoms with van der Waals surface area (Å²) in [5.74, 6) is 1.76. The zero-order chi connectivity index (χ0) is 16.4. The Morgan fingerprint density at radius 3 is 2.74 bits per heavy atom. The van der Waals surface area contributed by atoms with Crippen LogP contribution in [0.5, 0.6) is 0 Å². The zero-order valence-electron chi connectivity index (χ0n) is 15.0. The fourth-order valence-electron chi connectivity index (χ4n) is 4.34. The van der Waals surface area contributed by atoms with E-state index < -0.39 is 12.1 Å². The number of hydrogen-bond acceptors (Lipinski definition) is 5. The first-order valence-corrected chi connectivity index (χ1v) is 9.26. The molecular formula is C18H32O5. The van der Waals surface area contributed by atoms with E-state index >= 15 is 0 Å². The first-order chi connectivity index (χ1) is 11.0. The van der Waals surface area contributed by atoms with Gasteiger partial charge in [-0.1, -0.05) is 20.3 Å². The molecule has 0 N–H and O–H groups in total. The summed E-state index contributed by atoms with van der Waals surface area (Å²) in [4.78, 5) is 10.8. The van der Waals surface area contributed by atoms with Crippen molar-refractivity contribution < 1.29 is 24.0 Å². The summed E-state index contributed by atoms with van der Waals surface area (Å²) in [6, 6.07) is 0. The SMILES string of the molecule is CCO[C@@H]1O[C@H]2COOC(C)(CC[C@@H]3C[C@@H](CC[C@H]3C)[C@H]1C)O2. The molecule has 23 heavy (non-hydrogen) atoms. The molecule has 2 heterocycles. The number of rotatable bonds is 2. The molecule has 2 saturated heterocycles. The second kappa shape index (κ2) is 7.36. The highest BCUT2D eigenvalue weighted by Crippen LogP contribution is 2.43. The molecule has 0 spiro atoms. The van der Waals surface area contributed by atoms with Gasteiger partial charge in [0, 0.05) is 18.9 Å². The lowest BCUT2D eigenvalue weighted by molar-refractivity contribution is -0.508. The molecule has 3 fully saturated rings. The topological polar surface area (TPSA) is 46.2 Å². The van der Waals surface area contributed by atoms with Crippen molar-refractivity contribution in [1.29, 1.82) is 0 Å². The van der Waals surface area contributed by atoms with Gasteiger partial charge in [-0.15, -0.1) is 0 Å². The second-order valence-electron chi connectivity index (χ2n) is 7.72. The highest BCUT2D eigenvalue weighted by Gasteiger charge is 2.42. The molecule has 3 rings (SSSR count). The lowest BCUT2D eigenvalue weighted by Gasteiger charge is -2.39. The van der Waals surface area contributed by atoms with Crippen LogP contribution in [0.1, 0.15) is 59.8 Å². The van der Waals surface area contributed by atoms with Gasteiger partial charge in [0.05, 0.1) is 0 Å². The van der Waals surface area contributed by atoms with Crippen molar-refractivity contribution in [3.8, 4) is 0 Å². The van der Waals surface area contributed by atoms with Gasteiger partial charge in [0.2, 0.25) is 5.79 Å². The van der Waals surface area contributed by atoms with Crippen molar-refractivity contribution in [2.45, 2.75) is 78.2 Å². The second-order valence-corrected chi connectivity index (χ2v) is 7.72. The molecule has 4 bridgehead atoms. The van der Waals surface area contributed by atoms with E-state index in [9.17, 15) is 0 Å². The molecule has 5 heteroatoms. The minimum Gasteiger partial charge on any atom is -0.353 e. The molecule has 0 aromatic heterocycles. The first-order valence-electron chi connectivity index (χ1n) is 9.26. The van der Waals surface area contributed by atoms with Gasteiger partial charge in [-0.2, -0.15) is 0 Å². The quantitative estimate of drug-likeness (QED) is 0.720. The van der Waals surface area contributed by atoms with Gasteiger partial charge in [0.1, 0.15) is 6.61 Å². The van der Waals surface area contributed by atoms with Gasteiger partial charge in [0.15, 0.2) is 12.6 Å². The first kappa shape index (κ1) is 17.6. The Morgan fingerprint density at radius 1 is 1.13 bits per heavy atom. The van der Waals surface area contributed by atoms with Crippen LogP contribution in [-0.2, 0) is 24.0 Å². The number of ether oxygens (including phenoxy) is 3. The van der Waals surface area contributed by atoms with Crippen LogP contribution < -0.4 is 0 Å². The fourth-order valence-corrected chi connectivity index (χ4v) is 4.34. The number of hydrogen-bond donors (Lipinski definition) is 0. The Kier molecular flexibility index (Phi) is 5.64. The minimum absolute atomic E-state index is 0.242. The lowest BCUT2D eigenvalue weighted by atomic mass is 9.69. The zero-order valence-corrected chi connectivity index (χ0v) is 15.0. The van der Waals surface area contributed by atoms with Crippen molar-refractivity contribution >= 4 is 0 Å². The van der Waals surface area contributed by atoms with Crippen LogP contribution in [0.4, 0.5) is 0 Å². The summed E-state index contributed by atoms with van der Waals surface area (Å²) in [6.45, 7) is 9.53. The third-order valence-electron chi connectivity index (χ3n) is 5.98. The average molecular weight is 328 g/mol. The van der Waals surface area contributed by atoms with E-state index in [1.165, 1.54) is 19.3 Å². The molecule has 1 saturated carbocycles. The lowest BCUT2D eigenvalue weighted by Crippen LogP contribution is -2.47. The molecule has 0 aromatic rings. The fraction of sp³-hybridized carbons (Fsp3) is 1.00. The van der Waals surface area contributed by atoms with E-state index in [-0.39, 0.29) is 12.9 Å². The molecule has 1 aliphatic carbocycles. The normalized spacial score (nSPS) is 48.5. The van der Waals surface area contributed by atoms with Crippen LogP contribution >= 0.6 is 0 Å². The number of fused-ring (bicyclic) bond motifs is 4. The molecule has 0 radical (unpaired) electrons. The van der Waals surface area contributed by atoms with Crippen LogP contribution in [0.2, 0.25) is 0 Å². The molecule has 3 aliphatic rings. The maximum atomic E-state index is 6.14. The Balaban J connectivity index is 1.82. The Bertz CT molecular complexity index is 390. The van der Waals surface area contributed by atoms with Crippen LogP contribution in [0.25, 0.3) is 0 Å². The van der Waals surface area contributed by atoms with Gasteiger partial charge in [-0.3, -0.25) is 0 Å². The Hall–Kier alpha value is -0.200. The molecule has 1 unspecified atom stereocenters. The summed E-state index contributed by atoms with van der Waals surface area (Å²) < 4.78 is 18.1. The van der Waals surface area contributed by atoms with Gasteiger partial charge in [0.25, 0.3) is 0 Å². The van der Waals surface area contributed by atoms with Gasteiger partial charge in [-0.25, -0.2) is 9.78 Å². The summed E-state index contributed by atoms with van der Waals surface area (Å²) in [5.41, 5.74) is 0. The van der Waals surface area contributed by atoms with Crippen LogP contribution in [0, 0.1) is 23.7 Å². The monoisotopic (exact) mass is 328 g/mol. The standard InChI is InChI=1S/C18H32O5/c1-5-19-17-13(3)15-7-6-12(2)14(10-15)8-9-18(4)22-16(21-17)11-20-23-18/h12-17H,5-11H2,1-4H3/t12-,13-,14-,15-,16-,17-,18?/m1/s1. The van der Waals surface area contributed by atoms with Crippen molar-refractivity contribution in [2.24, 2.45) is 23.7 Å².